The van der Waals surface area contributed by atoms with E-state index >= 15 is 0 Å². The zero-order valence-corrected chi connectivity index (χ0v) is 16.5. The van der Waals surface area contributed by atoms with Crippen molar-refractivity contribution in [3.63, 3.8) is 0 Å². The molecular weight excluding hydrogens is 394 g/mol. The Hall–Kier alpha value is -3.39. The predicted octanol–water partition coefficient (Wildman–Crippen LogP) is 3.44. The molecule has 0 bridgehead atoms. The van der Waals surface area contributed by atoms with Crippen LogP contribution in [0.2, 0.25) is 5.02 Å². The number of ether oxygens (including phenoxy) is 1. The highest BCUT2D eigenvalue weighted by Gasteiger charge is 2.33. The molecule has 0 spiro atoms. The third-order valence-corrected chi connectivity index (χ3v) is 5.14. The molecule has 8 nitrogen and oxygen atoms in total. The van der Waals surface area contributed by atoms with Crippen molar-refractivity contribution in [3.8, 4) is 17.1 Å². The zero-order chi connectivity index (χ0) is 20.5. The van der Waals surface area contributed by atoms with E-state index in [1.807, 2.05) is 19.1 Å². The van der Waals surface area contributed by atoms with Crippen molar-refractivity contribution in [3.05, 3.63) is 53.1 Å². The second kappa shape index (κ2) is 7.56. The summed E-state index contributed by atoms with van der Waals surface area (Å²) >= 11 is 6.13. The van der Waals surface area contributed by atoms with Crippen LogP contribution >= 0.6 is 11.6 Å². The smallest absolute Gasteiger partial charge is 0.249 e. The lowest BCUT2D eigenvalue weighted by molar-refractivity contribution is -0.125. The molecule has 1 atom stereocenters. The molecule has 29 heavy (non-hydrogen) atoms. The first-order valence-electron chi connectivity index (χ1n) is 8.93. The Kier molecular flexibility index (Phi) is 4.94. The van der Waals surface area contributed by atoms with Gasteiger partial charge in [-0.1, -0.05) is 17.7 Å². The lowest BCUT2D eigenvalue weighted by Crippen LogP contribution is -2.36. The predicted molar refractivity (Wildman–Crippen MR) is 109 cm³/mol. The Morgan fingerprint density at radius 2 is 2.03 bits per heavy atom. The lowest BCUT2D eigenvalue weighted by atomic mass is 10.1. The van der Waals surface area contributed by atoms with Crippen molar-refractivity contribution in [2.75, 3.05) is 17.7 Å². The molecule has 2 N–H and O–H groups in total. The van der Waals surface area contributed by atoms with E-state index in [4.69, 9.17) is 16.3 Å². The van der Waals surface area contributed by atoms with E-state index in [1.165, 1.54) is 4.68 Å². The van der Waals surface area contributed by atoms with Crippen molar-refractivity contribution in [1.29, 1.82) is 0 Å². The average Bonchev–Trinajstić information content (AvgIpc) is 3.14. The van der Waals surface area contributed by atoms with Crippen LogP contribution in [0.5, 0.6) is 5.75 Å². The van der Waals surface area contributed by atoms with Crippen LogP contribution in [-0.4, -0.2) is 33.7 Å². The van der Waals surface area contributed by atoms with E-state index in [0.29, 0.717) is 22.3 Å². The third-order valence-electron chi connectivity index (χ3n) is 4.73. The zero-order valence-electron chi connectivity index (χ0n) is 15.8. The minimum Gasteiger partial charge on any atom is -0.497 e. The molecule has 3 aromatic rings. The third kappa shape index (κ3) is 3.66. The number of halogens is 1. The number of hydrogen-bond donors (Lipinski definition) is 2. The summed E-state index contributed by atoms with van der Waals surface area (Å²) in [5.74, 6) is 0.684. The Balaban J connectivity index is 1.64. The van der Waals surface area contributed by atoms with E-state index in [1.54, 1.807) is 37.4 Å². The summed E-state index contributed by atoms with van der Waals surface area (Å²) in [4.78, 5) is 29.4. The molecule has 2 amide bonds. The number of nitrogens with zero attached hydrogens (tertiary/aromatic N) is 3. The number of amides is 2. The number of carbonyl (C=O) groups excluding carboxylic acids is 2. The lowest BCUT2D eigenvalue weighted by Gasteiger charge is -2.23. The molecule has 1 unspecified atom stereocenters. The normalized spacial score (nSPS) is 15.4. The molecule has 148 valence electrons. The first-order chi connectivity index (χ1) is 14.0. The van der Waals surface area contributed by atoms with Gasteiger partial charge in [-0.3, -0.25) is 14.9 Å². The quantitative estimate of drug-likeness (QED) is 0.685. The largest absolute Gasteiger partial charge is 0.497 e. The standard InChI is InChI=1S/C20H18ClN5O3/c1-11-14(21)4-3-5-15(11)22-19(28)16-10-17(27)23-20-24-18(25-26(16)20)12-6-8-13(29-2)9-7-12/h3-9,16H,10H2,1-2H3,(H,22,28)(H,23,24,25,27). The van der Waals surface area contributed by atoms with Crippen LogP contribution in [0.15, 0.2) is 42.5 Å². The number of benzene rings is 2. The molecule has 2 heterocycles. The maximum absolute atomic E-state index is 12.9. The molecule has 2 aromatic carbocycles. The summed E-state index contributed by atoms with van der Waals surface area (Å²) in [5.41, 5.74) is 2.08. The fourth-order valence-electron chi connectivity index (χ4n) is 3.09. The molecular formula is C20H18ClN5O3. The molecule has 1 aromatic heterocycles. The van der Waals surface area contributed by atoms with Gasteiger partial charge in [-0.25, -0.2) is 4.68 Å². The fraction of sp³-hybridized carbons (Fsp3) is 0.200. The van der Waals surface area contributed by atoms with Crippen LogP contribution < -0.4 is 15.4 Å². The number of methoxy groups -OCH3 is 1. The van der Waals surface area contributed by atoms with Crippen molar-refractivity contribution in [2.45, 2.75) is 19.4 Å². The van der Waals surface area contributed by atoms with Gasteiger partial charge in [0.15, 0.2) is 5.82 Å². The van der Waals surface area contributed by atoms with Gasteiger partial charge in [0.25, 0.3) is 0 Å². The second-order valence-electron chi connectivity index (χ2n) is 6.60. The second-order valence-corrected chi connectivity index (χ2v) is 7.01. The van der Waals surface area contributed by atoms with Crippen molar-refractivity contribution in [1.82, 2.24) is 14.8 Å². The van der Waals surface area contributed by atoms with Crippen molar-refractivity contribution >= 4 is 35.1 Å². The van der Waals surface area contributed by atoms with Crippen LogP contribution in [0.25, 0.3) is 11.4 Å². The molecule has 1 aliphatic rings. The van der Waals surface area contributed by atoms with Gasteiger partial charge in [-0.2, -0.15) is 4.98 Å². The van der Waals surface area contributed by atoms with Gasteiger partial charge >= 0.3 is 0 Å². The number of rotatable bonds is 4. The topological polar surface area (TPSA) is 98.1 Å². The van der Waals surface area contributed by atoms with Crippen LogP contribution in [0.1, 0.15) is 18.0 Å². The van der Waals surface area contributed by atoms with Crippen molar-refractivity contribution in [2.24, 2.45) is 0 Å². The SMILES string of the molecule is COc1ccc(-c2nc3n(n2)C(C(=O)Nc2cccc(Cl)c2C)CC(=O)N3)cc1. The molecule has 1 aliphatic heterocycles. The van der Waals surface area contributed by atoms with Gasteiger partial charge in [0.2, 0.25) is 17.8 Å². The monoisotopic (exact) mass is 411 g/mol. The molecule has 0 fully saturated rings. The Bertz CT molecular complexity index is 1090. The van der Waals surface area contributed by atoms with Crippen LogP contribution in [0.3, 0.4) is 0 Å². The highest BCUT2D eigenvalue weighted by Crippen LogP contribution is 2.29. The summed E-state index contributed by atoms with van der Waals surface area (Å²) in [6.45, 7) is 1.81. The van der Waals surface area contributed by atoms with Crippen LogP contribution in [0, 0.1) is 6.92 Å². The molecule has 0 saturated carbocycles. The van der Waals surface area contributed by atoms with E-state index in [-0.39, 0.29) is 24.2 Å². The van der Waals surface area contributed by atoms with Gasteiger partial charge in [0.05, 0.1) is 13.5 Å². The van der Waals surface area contributed by atoms with Gasteiger partial charge in [0, 0.05) is 16.3 Å². The molecule has 0 radical (unpaired) electrons. The first kappa shape index (κ1) is 18.9. The summed E-state index contributed by atoms with van der Waals surface area (Å²) in [6.07, 6.45) is -0.0378. The van der Waals surface area contributed by atoms with E-state index in [9.17, 15) is 9.59 Å². The van der Waals surface area contributed by atoms with Gasteiger partial charge in [-0.15, -0.1) is 5.10 Å². The molecule has 9 heteroatoms. The minimum absolute atomic E-state index is 0.0378. The van der Waals surface area contributed by atoms with E-state index < -0.39 is 6.04 Å². The maximum atomic E-state index is 12.9. The number of nitrogens with one attached hydrogen (secondary N) is 2. The summed E-state index contributed by atoms with van der Waals surface area (Å²) in [7, 11) is 1.59. The van der Waals surface area contributed by atoms with Crippen LogP contribution in [0.4, 0.5) is 11.6 Å². The average molecular weight is 412 g/mol. The summed E-state index contributed by atoms with van der Waals surface area (Å²) in [5, 5.41) is 10.5. The number of hydrogen-bond acceptors (Lipinski definition) is 5. The van der Waals surface area contributed by atoms with Gasteiger partial charge in [0.1, 0.15) is 11.8 Å². The fourth-order valence-corrected chi connectivity index (χ4v) is 3.26. The number of carbonyl (C=O) groups is 2. The molecule has 4 rings (SSSR count). The number of fused-ring (bicyclic) bond motifs is 1. The van der Waals surface area contributed by atoms with Crippen LogP contribution in [-0.2, 0) is 9.59 Å². The molecule has 0 aliphatic carbocycles. The van der Waals surface area contributed by atoms with E-state index in [2.05, 4.69) is 20.7 Å². The van der Waals surface area contributed by atoms with Crippen molar-refractivity contribution < 1.29 is 14.3 Å². The maximum Gasteiger partial charge on any atom is 0.249 e. The number of anilines is 2. The molecule has 0 saturated heterocycles. The highest BCUT2D eigenvalue weighted by atomic mass is 35.5. The Morgan fingerprint density at radius 3 is 2.76 bits per heavy atom. The first-order valence-corrected chi connectivity index (χ1v) is 9.31. The van der Waals surface area contributed by atoms with Gasteiger partial charge < -0.3 is 10.1 Å². The number of aromatic nitrogens is 3. The van der Waals surface area contributed by atoms with E-state index in [0.717, 1.165) is 11.1 Å². The summed E-state index contributed by atoms with van der Waals surface area (Å²) < 4.78 is 6.60. The summed E-state index contributed by atoms with van der Waals surface area (Å²) in [6, 6.07) is 11.6. The Labute approximate surface area is 171 Å². The van der Waals surface area contributed by atoms with Gasteiger partial charge in [-0.05, 0) is 48.9 Å². The minimum atomic E-state index is -0.823. The highest BCUT2D eigenvalue weighted by molar-refractivity contribution is 6.31. The Morgan fingerprint density at radius 1 is 1.28 bits per heavy atom.